The predicted molar refractivity (Wildman–Crippen MR) is 91.6 cm³/mol. The first-order valence-corrected chi connectivity index (χ1v) is 9.69. The van der Waals surface area contributed by atoms with Crippen LogP contribution in [0, 0.1) is 13.8 Å². The van der Waals surface area contributed by atoms with Gasteiger partial charge in [0.1, 0.15) is 0 Å². The molecule has 1 aromatic heterocycles. The molecule has 0 aliphatic carbocycles. The maximum atomic E-state index is 11.6. The summed E-state index contributed by atoms with van der Waals surface area (Å²) in [5, 5.41) is 4.52. The first-order chi connectivity index (χ1) is 10.8. The quantitative estimate of drug-likeness (QED) is 0.860. The summed E-state index contributed by atoms with van der Waals surface area (Å²) in [5.74, 6) is 0.592. The van der Waals surface area contributed by atoms with Gasteiger partial charge in [-0.3, -0.25) is 4.90 Å². The van der Waals surface area contributed by atoms with Crippen LogP contribution in [0.5, 0.6) is 0 Å². The van der Waals surface area contributed by atoms with Crippen LogP contribution in [0.4, 0.5) is 0 Å². The van der Waals surface area contributed by atoms with Gasteiger partial charge < -0.3 is 0 Å². The van der Waals surface area contributed by atoms with E-state index in [4.69, 9.17) is 0 Å². The molecule has 0 bridgehead atoms. The Morgan fingerprint density at radius 2 is 2.09 bits per heavy atom. The van der Waals surface area contributed by atoms with Gasteiger partial charge in [-0.05, 0) is 51.1 Å². The molecule has 0 unspecified atom stereocenters. The number of hydrogen-bond acceptors (Lipinski definition) is 4. The maximum absolute atomic E-state index is 11.6. The van der Waals surface area contributed by atoms with Gasteiger partial charge in [0.25, 0.3) is 0 Å². The molecule has 1 atom stereocenters. The second-order valence-corrected chi connectivity index (χ2v) is 8.71. The van der Waals surface area contributed by atoms with Crippen molar-refractivity contribution in [3.8, 4) is 5.69 Å². The third kappa shape index (κ3) is 3.64. The van der Waals surface area contributed by atoms with Crippen LogP contribution >= 0.6 is 0 Å². The molecule has 3 rings (SSSR count). The average Bonchev–Trinajstić information content (AvgIpc) is 3.01. The van der Waals surface area contributed by atoms with Gasteiger partial charge in [0.15, 0.2) is 9.84 Å². The van der Waals surface area contributed by atoms with Crippen LogP contribution in [-0.2, 0) is 16.4 Å². The number of aryl methyl sites for hydroxylation is 2. The highest BCUT2D eigenvalue weighted by Crippen LogP contribution is 2.20. The van der Waals surface area contributed by atoms with Gasteiger partial charge in [0.2, 0.25) is 0 Å². The summed E-state index contributed by atoms with van der Waals surface area (Å²) in [6.45, 7) is 4.77. The summed E-state index contributed by atoms with van der Waals surface area (Å²) in [5.41, 5.74) is 4.32. The van der Waals surface area contributed by atoms with Gasteiger partial charge in [-0.1, -0.05) is 12.1 Å². The Labute approximate surface area is 137 Å². The van der Waals surface area contributed by atoms with Crippen molar-refractivity contribution in [2.45, 2.75) is 32.9 Å². The second kappa shape index (κ2) is 6.09. The zero-order valence-electron chi connectivity index (χ0n) is 13.9. The van der Waals surface area contributed by atoms with Crippen molar-refractivity contribution in [1.29, 1.82) is 0 Å². The highest BCUT2D eigenvalue weighted by Gasteiger charge is 2.30. The van der Waals surface area contributed by atoms with Crippen LogP contribution in [0.1, 0.15) is 23.4 Å². The van der Waals surface area contributed by atoms with Crippen LogP contribution < -0.4 is 0 Å². The molecule has 0 saturated carbocycles. The first kappa shape index (κ1) is 16.2. The monoisotopic (exact) mass is 333 g/mol. The lowest BCUT2D eigenvalue weighted by molar-refractivity contribution is 0.254. The maximum Gasteiger partial charge on any atom is 0.151 e. The molecule has 124 valence electrons. The molecule has 2 aromatic rings. The van der Waals surface area contributed by atoms with Gasteiger partial charge in [0.05, 0.1) is 22.9 Å². The van der Waals surface area contributed by atoms with Gasteiger partial charge in [0, 0.05) is 18.3 Å². The van der Waals surface area contributed by atoms with E-state index in [1.54, 1.807) is 0 Å². The lowest BCUT2D eigenvalue weighted by Gasteiger charge is -2.23. The van der Waals surface area contributed by atoms with E-state index >= 15 is 0 Å². The van der Waals surface area contributed by atoms with Crippen molar-refractivity contribution in [1.82, 2.24) is 14.7 Å². The van der Waals surface area contributed by atoms with Crippen molar-refractivity contribution in [3.63, 3.8) is 0 Å². The van der Waals surface area contributed by atoms with Crippen molar-refractivity contribution in [3.05, 3.63) is 47.3 Å². The molecule has 0 radical (unpaired) electrons. The molecule has 1 saturated heterocycles. The molecule has 1 fully saturated rings. The lowest BCUT2D eigenvalue weighted by atomic mass is 10.1. The molecular formula is C17H23N3O2S. The van der Waals surface area contributed by atoms with E-state index in [2.05, 4.69) is 28.2 Å². The summed E-state index contributed by atoms with van der Waals surface area (Å²) in [6.07, 6.45) is 0.732. The summed E-state index contributed by atoms with van der Waals surface area (Å²) in [4.78, 5) is 2.14. The molecule has 5 nitrogen and oxygen atoms in total. The standard InChI is InChI=1S/C17H23N3O2S/c1-13-9-14(2)20(18-13)16-6-4-5-15(10-16)11-19(3)17-7-8-23(21,22)12-17/h4-6,9-10,17H,7-8,11-12H2,1-3H3/t17-/m1/s1. The normalized spacial score (nSPS) is 20.3. The van der Waals surface area contributed by atoms with Crippen molar-refractivity contribution < 1.29 is 8.42 Å². The van der Waals surface area contributed by atoms with E-state index in [-0.39, 0.29) is 11.8 Å². The fraction of sp³-hybridized carbons (Fsp3) is 0.471. The molecule has 0 N–H and O–H groups in total. The Kier molecular flexibility index (Phi) is 4.29. The third-order valence-corrected chi connectivity index (χ3v) is 6.18. The van der Waals surface area contributed by atoms with Crippen molar-refractivity contribution in [2.24, 2.45) is 0 Å². The summed E-state index contributed by atoms with van der Waals surface area (Å²) in [6, 6.07) is 10.5. The highest BCUT2D eigenvalue weighted by molar-refractivity contribution is 7.91. The molecule has 6 heteroatoms. The van der Waals surface area contributed by atoms with Gasteiger partial charge >= 0.3 is 0 Å². The minimum absolute atomic E-state index is 0.123. The zero-order chi connectivity index (χ0) is 16.6. The van der Waals surface area contributed by atoms with E-state index in [1.807, 2.05) is 37.7 Å². The van der Waals surface area contributed by atoms with E-state index in [0.717, 1.165) is 30.0 Å². The Morgan fingerprint density at radius 1 is 1.30 bits per heavy atom. The third-order valence-electron chi connectivity index (χ3n) is 4.43. The average molecular weight is 333 g/mol. The lowest BCUT2D eigenvalue weighted by Crippen LogP contribution is -2.32. The van der Waals surface area contributed by atoms with E-state index < -0.39 is 9.84 Å². The van der Waals surface area contributed by atoms with Gasteiger partial charge in [-0.15, -0.1) is 0 Å². The molecule has 1 aliphatic rings. The molecular weight excluding hydrogens is 310 g/mol. The number of nitrogens with zero attached hydrogens (tertiary/aromatic N) is 3. The molecule has 0 amide bonds. The smallest absolute Gasteiger partial charge is 0.151 e. The Balaban J connectivity index is 1.77. The number of hydrogen-bond donors (Lipinski definition) is 0. The van der Waals surface area contributed by atoms with Crippen LogP contribution in [0.25, 0.3) is 5.69 Å². The summed E-state index contributed by atoms with van der Waals surface area (Å²) >= 11 is 0. The topological polar surface area (TPSA) is 55.2 Å². The minimum atomic E-state index is -2.84. The fourth-order valence-corrected chi connectivity index (χ4v) is 5.02. The Bertz CT molecular complexity index is 811. The minimum Gasteiger partial charge on any atom is -0.298 e. The Morgan fingerprint density at radius 3 is 2.70 bits per heavy atom. The fourth-order valence-electron chi connectivity index (χ4n) is 3.22. The molecule has 1 aromatic carbocycles. The predicted octanol–water partition coefficient (Wildman–Crippen LogP) is 2.11. The van der Waals surface area contributed by atoms with Crippen LogP contribution in [0.15, 0.2) is 30.3 Å². The van der Waals surface area contributed by atoms with Crippen molar-refractivity contribution in [2.75, 3.05) is 18.6 Å². The molecule has 0 spiro atoms. The van der Waals surface area contributed by atoms with Crippen molar-refractivity contribution >= 4 is 9.84 Å². The van der Waals surface area contributed by atoms with E-state index in [0.29, 0.717) is 5.75 Å². The molecule has 1 aliphatic heterocycles. The van der Waals surface area contributed by atoms with E-state index in [9.17, 15) is 8.42 Å². The molecule has 23 heavy (non-hydrogen) atoms. The largest absolute Gasteiger partial charge is 0.298 e. The molecule has 2 heterocycles. The number of aromatic nitrogens is 2. The highest BCUT2D eigenvalue weighted by atomic mass is 32.2. The summed E-state index contributed by atoms with van der Waals surface area (Å²) in [7, 11) is -0.841. The van der Waals surface area contributed by atoms with E-state index in [1.165, 1.54) is 5.56 Å². The SMILES string of the molecule is Cc1cc(C)n(-c2cccc(CN(C)[C@@H]3CCS(=O)(=O)C3)c2)n1. The first-order valence-electron chi connectivity index (χ1n) is 7.87. The number of sulfone groups is 1. The van der Waals surface area contributed by atoms with Crippen LogP contribution in [0.2, 0.25) is 0 Å². The zero-order valence-corrected chi connectivity index (χ0v) is 14.7. The van der Waals surface area contributed by atoms with Gasteiger partial charge in [-0.25, -0.2) is 13.1 Å². The van der Waals surface area contributed by atoms with Crippen LogP contribution in [0.3, 0.4) is 0 Å². The van der Waals surface area contributed by atoms with Gasteiger partial charge in [-0.2, -0.15) is 5.10 Å². The summed E-state index contributed by atoms with van der Waals surface area (Å²) < 4.78 is 25.2. The number of rotatable bonds is 4. The second-order valence-electron chi connectivity index (χ2n) is 6.48. The Hall–Kier alpha value is -1.66. The number of benzene rings is 1. The van der Waals surface area contributed by atoms with Crippen LogP contribution in [-0.4, -0.2) is 47.7 Å².